The SMILES string of the molecule is CC(=O)O.CO[Si](OC)(OC)C(C)=O. The first-order valence-electron chi connectivity index (χ1n) is 3.72. The Morgan fingerprint density at radius 1 is 1.00 bits per heavy atom. The first-order chi connectivity index (χ1) is 6.36. The van der Waals surface area contributed by atoms with Gasteiger partial charge in [-0.05, 0) is 6.92 Å². The highest BCUT2D eigenvalue weighted by atomic mass is 28.4. The molecule has 0 saturated carbocycles. The summed E-state index contributed by atoms with van der Waals surface area (Å²) >= 11 is 0. The van der Waals surface area contributed by atoms with E-state index in [1.165, 1.54) is 28.3 Å². The lowest BCUT2D eigenvalue weighted by Gasteiger charge is -2.20. The Hall–Kier alpha value is -0.763. The largest absolute Gasteiger partial charge is 0.573 e. The summed E-state index contributed by atoms with van der Waals surface area (Å²) in [4.78, 5) is 19.8. The third-order valence-corrected chi connectivity index (χ3v) is 3.71. The lowest BCUT2D eigenvalue weighted by Crippen LogP contribution is -2.50. The Labute approximate surface area is 84.1 Å². The van der Waals surface area contributed by atoms with Gasteiger partial charge in [0.25, 0.3) is 5.97 Å². The molecule has 0 fully saturated rings. The molecule has 0 bridgehead atoms. The summed E-state index contributed by atoms with van der Waals surface area (Å²) in [6.07, 6.45) is 0. The molecular weight excluding hydrogens is 208 g/mol. The van der Waals surface area contributed by atoms with E-state index in [1.807, 2.05) is 0 Å². The zero-order valence-electron chi connectivity index (χ0n) is 8.99. The van der Waals surface area contributed by atoms with Gasteiger partial charge in [-0.2, -0.15) is 0 Å². The van der Waals surface area contributed by atoms with E-state index < -0.39 is 14.8 Å². The Morgan fingerprint density at radius 3 is 1.21 bits per heavy atom. The fraction of sp³-hybridized carbons (Fsp3) is 0.714. The Balaban J connectivity index is 0. The standard InChI is InChI=1S/C5H12O4Si.C2H4O2/c1-5(6)10(7-2,8-3)9-4;1-2(3)4/h1-4H3;1H3,(H,3,4). The monoisotopic (exact) mass is 224 g/mol. The highest BCUT2D eigenvalue weighted by Crippen LogP contribution is 2.05. The minimum Gasteiger partial charge on any atom is -0.481 e. The zero-order valence-corrected chi connectivity index (χ0v) is 9.99. The molecule has 0 amide bonds. The highest BCUT2D eigenvalue weighted by molar-refractivity contribution is 6.91. The maximum atomic E-state index is 10.8. The molecular formula is C7H16O6Si. The number of hydrogen-bond donors (Lipinski definition) is 1. The van der Waals surface area contributed by atoms with Crippen LogP contribution in [0.1, 0.15) is 13.8 Å². The minimum atomic E-state index is -2.93. The number of rotatable bonds is 4. The second-order valence-electron chi connectivity index (χ2n) is 2.24. The quantitative estimate of drug-likeness (QED) is 0.681. The molecule has 0 aromatic rings. The van der Waals surface area contributed by atoms with E-state index in [1.54, 1.807) is 0 Å². The van der Waals surface area contributed by atoms with Crippen molar-refractivity contribution in [2.75, 3.05) is 21.3 Å². The van der Waals surface area contributed by atoms with Crippen LogP contribution in [0.15, 0.2) is 0 Å². The smallest absolute Gasteiger partial charge is 0.481 e. The van der Waals surface area contributed by atoms with E-state index in [0.717, 1.165) is 6.92 Å². The average molecular weight is 224 g/mol. The van der Waals surface area contributed by atoms with Crippen LogP contribution in [0, 0.1) is 0 Å². The number of carboxylic acids is 1. The average Bonchev–Trinajstić information content (AvgIpc) is 2.07. The van der Waals surface area contributed by atoms with Crippen LogP contribution < -0.4 is 0 Å². The summed E-state index contributed by atoms with van der Waals surface area (Å²) in [5.74, 6) is -0.833. The van der Waals surface area contributed by atoms with Gasteiger partial charge in [0.15, 0.2) is 5.41 Å². The van der Waals surface area contributed by atoms with E-state index in [0.29, 0.717) is 0 Å². The Bertz CT molecular complexity index is 176. The van der Waals surface area contributed by atoms with Crippen molar-refractivity contribution in [1.29, 1.82) is 0 Å². The van der Waals surface area contributed by atoms with Gasteiger partial charge < -0.3 is 18.4 Å². The normalized spacial score (nSPS) is 10.1. The predicted molar refractivity (Wildman–Crippen MR) is 50.8 cm³/mol. The molecule has 0 aromatic carbocycles. The maximum absolute atomic E-state index is 10.8. The molecule has 0 rings (SSSR count). The molecule has 6 nitrogen and oxygen atoms in total. The summed E-state index contributed by atoms with van der Waals surface area (Å²) in [5, 5.41) is 7.24. The van der Waals surface area contributed by atoms with Gasteiger partial charge in [0.1, 0.15) is 0 Å². The third-order valence-electron chi connectivity index (χ3n) is 1.24. The van der Waals surface area contributed by atoms with Gasteiger partial charge in [-0.3, -0.25) is 9.59 Å². The highest BCUT2D eigenvalue weighted by Gasteiger charge is 2.44. The topological polar surface area (TPSA) is 82.1 Å². The predicted octanol–water partition coefficient (Wildman–Crippen LogP) is 0.0836. The van der Waals surface area contributed by atoms with E-state index in [2.05, 4.69) is 0 Å². The van der Waals surface area contributed by atoms with Crippen molar-refractivity contribution in [3.63, 3.8) is 0 Å². The first-order valence-corrected chi connectivity index (χ1v) is 5.44. The molecule has 0 heterocycles. The fourth-order valence-corrected chi connectivity index (χ4v) is 2.04. The molecule has 14 heavy (non-hydrogen) atoms. The van der Waals surface area contributed by atoms with E-state index in [4.69, 9.17) is 23.2 Å². The minimum absolute atomic E-state index is 0.181. The van der Waals surface area contributed by atoms with Crippen LogP contribution in [0.25, 0.3) is 0 Å². The molecule has 0 aliphatic heterocycles. The molecule has 0 saturated heterocycles. The van der Waals surface area contributed by atoms with Gasteiger partial charge in [-0.1, -0.05) is 0 Å². The molecule has 0 unspecified atom stereocenters. The summed E-state index contributed by atoms with van der Waals surface area (Å²) in [6, 6.07) is 0. The lowest BCUT2D eigenvalue weighted by atomic mass is 10.9. The summed E-state index contributed by atoms with van der Waals surface area (Å²) < 4.78 is 14.5. The molecule has 0 atom stereocenters. The van der Waals surface area contributed by atoms with Crippen molar-refractivity contribution in [2.24, 2.45) is 0 Å². The molecule has 0 aliphatic carbocycles. The Morgan fingerprint density at radius 2 is 1.21 bits per heavy atom. The van der Waals surface area contributed by atoms with Gasteiger partial charge in [0.2, 0.25) is 0 Å². The van der Waals surface area contributed by atoms with Gasteiger partial charge in [-0.25, -0.2) is 0 Å². The molecule has 84 valence electrons. The number of hydrogen-bond acceptors (Lipinski definition) is 5. The fourth-order valence-electron chi connectivity index (χ4n) is 0.681. The summed E-state index contributed by atoms with van der Waals surface area (Å²) in [5.41, 5.74) is 0. The second kappa shape index (κ2) is 7.62. The number of carboxylic acid groups (broad SMARTS) is 1. The number of carbonyl (C=O) groups excluding carboxylic acids is 1. The lowest BCUT2D eigenvalue weighted by molar-refractivity contribution is -0.134. The van der Waals surface area contributed by atoms with Crippen LogP contribution in [-0.4, -0.2) is 46.6 Å². The zero-order chi connectivity index (χ0) is 11.8. The number of carbonyl (C=O) groups is 2. The van der Waals surface area contributed by atoms with Crippen LogP contribution in [-0.2, 0) is 22.9 Å². The van der Waals surface area contributed by atoms with Crippen LogP contribution in [0.4, 0.5) is 0 Å². The van der Waals surface area contributed by atoms with Gasteiger partial charge >= 0.3 is 8.80 Å². The Kier molecular flexibility index (Phi) is 8.55. The first kappa shape index (κ1) is 15.7. The van der Waals surface area contributed by atoms with Crippen LogP contribution in [0.5, 0.6) is 0 Å². The second-order valence-corrected chi connectivity index (χ2v) is 5.29. The van der Waals surface area contributed by atoms with Crippen LogP contribution >= 0.6 is 0 Å². The molecule has 0 radical (unpaired) electrons. The van der Waals surface area contributed by atoms with Crippen molar-refractivity contribution < 1.29 is 28.0 Å². The van der Waals surface area contributed by atoms with Crippen molar-refractivity contribution >= 4 is 20.2 Å². The van der Waals surface area contributed by atoms with Gasteiger partial charge in [0.05, 0.1) is 0 Å². The third kappa shape index (κ3) is 5.81. The molecule has 0 spiro atoms. The van der Waals surface area contributed by atoms with Gasteiger partial charge in [0, 0.05) is 28.3 Å². The van der Waals surface area contributed by atoms with Crippen molar-refractivity contribution in [1.82, 2.24) is 0 Å². The number of aliphatic carboxylic acids is 1. The molecule has 7 heteroatoms. The van der Waals surface area contributed by atoms with E-state index in [-0.39, 0.29) is 5.41 Å². The summed E-state index contributed by atoms with van der Waals surface area (Å²) in [6.45, 7) is 2.47. The molecule has 0 aliphatic rings. The van der Waals surface area contributed by atoms with Crippen LogP contribution in [0.3, 0.4) is 0 Å². The van der Waals surface area contributed by atoms with E-state index in [9.17, 15) is 4.79 Å². The maximum Gasteiger partial charge on any atom is 0.573 e. The summed E-state index contributed by atoms with van der Waals surface area (Å²) in [7, 11) is 1.28. The van der Waals surface area contributed by atoms with E-state index >= 15 is 0 Å². The van der Waals surface area contributed by atoms with Crippen molar-refractivity contribution in [3.05, 3.63) is 0 Å². The van der Waals surface area contributed by atoms with Crippen molar-refractivity contribution in [2.45, 2.75) is 13.8 Å². The van der Waals surface area contributed by atoms with Crippen LogP contribution in [0.2, 0.25) is 0 Å². The van der Waals surface area contributed by atoms with Gasteiger partial charge in [-0.15, -0.1) is 0 Å². The molecule has 0 aromatic heterocycles. The van der Waals surface area contributed by atoms with Crippen molar-refractivity contribution in [3.8, 4) is 0 Å². The molecule has 1 N–H and O–H groups in total.